The third-order valence-corrected chi connectivity index (χ3v) is 7.67. The second kappa shape index (κ2) is 9.99. The molecule has 1 saturated heterocycles. The Morgan fingerprint density at radius 1 is 1.26 bits per heavy atom. The zero-order valence-electron chi connectivity index (χ0n) is 18.0. The van der Waals surface area contributed by atoms with Crippen LogP contribution in [0.3, 0.4) is 0 Å². The average Bonchev–Trinajstić information content (AvgIpc) is 3.16. The Kier molecular flexibility index (Phi) is 7.59. The van der Waals surface area contributed by atoms with E-state index in [0.717, 1.165) is 40.7 Å². The van der Waals surface area contributed by atoms with E-state index in [1.54, 1.807) is 12.1 Å². The average molecular weight is 466 g/mol. The molecule has 0 saturated carbocycles. The summed E-state index contributed by atoms with van der Waals surface area (Å²) in [6.45, 7) is 1.07. The Morgan fingerprint density at radius 2 is 2.00 bits per heavy atom. The van der Waals surface area contributed by atoms with Gasteiger partial charge in [0, 0.05) is 30.8 Å². The highest BCUT2D eigenvalue weighted by atomic mass is 35.5. The monoisotopic (exact) mass is 465 g/mol. The minimum absolute atomic E-state index is 0.00979. The Labute approximate surface area is 189 Å². The summed E-state index contributed by atoms with van der Waals surface area (Å²) in [4.78, 5) is 14.9. The molecule has 2 aromatic rings. The Hall–Kier alpha value is -2.13. The summed E-state index contributed by atoms with van der Waals surface area (Å²) >= 11 is 6.30. The standard InChI is InChI=1S/C22H28ClN3O4S/c1-25(2)31(28,29)21-14-17(10-11-20(21)30-3)24-22(27)15-26-12-6-8-18(26)13-16-7-4-5-9-19(16)23/h4-5,7,9-11,14,18H,6,8,12-13,15H2,1-3H3,(H,24,27). The molecule has 1 heterocycles. The molecule has 1 atom stereocenters. The van der Waals surface area contributed by atoms with E-state index in [1.807, 2.05) is 24.3 Å². The summed E-state index contributed by atoms with van der Waals surface area (Å²) in [7, 11) is 0.600. The first kappa shape index (κ1) is 23.5. The van der Waals surface area contributed by atoms with Crippen LogP contribution in [0.25, 0.3) is 0 Å². The highest BCUT2D eigenvalue weighted by Crippen LogP contribution is 2.29. The van der Waals surface area contributed by atoms with Crippen LogP contribution in [-0.4, -0.2) is 63.9 Å². The maximum absolute atomic E-state index is 12.7. The number of ether oxygens (including phenoxy) is 1. The van der Waals surface area contributed by atoms with Crippen LogP contribution in [0.4, 0.5) is 5.69 Å². The van der Waals surface area contributed by atoms with Gasteiger partial charge in [0.1, 0.15) is 10.6 Å². The first-order valence-electron chi connectivity index (χ1n) is 10.1. The van der Waals surface area contributed by atoms with Crippen molar-refractivity contribution < 1.29 is 17.9 Å². The van der Waals surface area contributed by atoms with Crippen molar-refractivity contribution in [2.24, 2.45) is 0 Å². The number of benzene rings is 2. The van der Waals surface area contributed by atoms with Gasteiger partial charge in [-0.25, -0.2) is 12.7 Å². The fourth-order valence-corrected chi connectivity index (χ4v) is 5.08. The number of carbonyl (C=O) groups is 1. The van der Waals surface area contributed by atoms with Crippen LogP contribution < -0.4 is 10.1 Å². The molecule has 0 aromatic heterocycles. The number of rotatable bonds is 8. The number of amides is 1. The predicted octanol–water partition coefficient (Wildman–Crippen LogP) is 3.24. The van der Waals surface area contributed by atoms with Gasteiger partial charge in [0.15, 0.2) is 0 Å². The summed E-state index contributed by atoms with van der Waals surface area (Å²) in [6, 6.07) is 12.6. The van der Waals surface area contributed by atoms with Crippen molar-refractivity contribution in [3.63, 3.8) is 0 Å². The number of halogens is 1. The number of carbonyl (C=O) groups excluding carboxylic acids is 1. The maximum Gasteiger partial charge on any atom is 0.246 e. The van der Waals surface area contributed by atoms with Crippen molar-refractivity contribution >= 4 is 33.2 Å². The zero-order chi connectivity index (χ0) is 22.6. The fourth-order valence-electron chi connectivity index (χ4n) is 3.79. The molecule has 0 radical (unpaired) electrons. The molecule has 31 heavy (non-hydrogen) atoms. The van der Waals surface area contributed by atoms with E-state index >= 15 is 0 Å². The number of hydrogen-bond donors (Lipinski definition) is 1. The van der Waals surface area contributed by atoms with E-state index in [2.05, 4.69) is 10.2 Å². The van der Waals surface area contributed by atoms with Gasteiger partial charge in [-0.2, -0.15) is 0 Å². The SMILES string of the molecule is COc1ccc(NC(=O)CN2CCCC2Cc2ccccc2Cl)cc1S(=O)(=O)N(C)C. The number of sulfonamides is 1. The van der Waals surface area contributed by atoms with Gasteiger partial charge in [0.2, 0.25) is 15.9 Å². The van der Waals surface area contributed by atoms with Gasteiger partial charge in [0.05, 0.1) is 13.7 Å². The highest BCUT2D eigenvalue weighted by molar-refractivity contribution is 7.89. The van der Waals surface area contributed by atoms with E-state index in [-0.39, 0.29) is 29.1 Å². The molecule has 2 aromatic carbocycles. The molecule has 3 rings (SSSR count). The second-order valence-electron chi connectivity index (χ2n) is 7.76. The number of nitrogens with one attached hydrogen (secondary N) is 1. The molecular formula is C22H28ClN3O4S. The van der Waals surface area contributed by atoms with Crippen LogP contribution in [0.15, 0.2) is 47.4 Å². The molecule has 1 amide bonds. The lowest BCUT2D eigenvalue weighted by Gasteiger charge is -2.24. The molecule has 0 spiro atoms. The number of likely N-dealkylation sites (tertiary alicyclic amines) is 1. The van der Waals surface area contributed by atoms with Crippen LogP contribution in [0, 0.1) is 0 Å². The van der Waals surface area contributed by atoms with Crippen molar-refractivity contribution in [1.29, 1.82) is 0 Å². The first-order valence-corrected chi connectivity index (χ1v) is 11.9. The van der Waals surface area contributed by atoms with Crippen LogP contribution in [0.1, 0.15) is 18.4 Å². The first-order chi connectivity index (χ1) is 14.7. The molecular weight excluding hydrogens is 438 g/mol. The van der Waals surface area contributed by atoms with E-state index in [0.29, 0.717) is 5.69 Å². The lowest BCUT2D eigenvalue weighted by atomic mass is 10.0. The number of nitrogens with zero attached hydrogens (tertiary/aromatic N) is 2. The summed E-state index contributed by atoms with van der Waals surface area (Å²) in [6.07, 6.45) is 2.82. The van der Waals surface area contributed by atoms with Gasteiger partial charge in [-0.15, -0.1) is 0 Å². The highest BCUT2D eigenvalue weighted by Gasteiger charge is 2.27. The van der Waals surface area contributed by atoms with Gasteiger partial charge in [-0.05, 0) is 55.6 Å². The lowest BCUT2D eigenvalue weighted by molar-refractivity contribution is -0.117. The fraction of sp³-hybridized carbons (Fsp3) is 0.409. The van der Waals surface area contributed by atoms with Gasteiger partial charge in [0.25, 0.3) is 0 Å². The third-order valence-electron chi connectivity index (χ3n) is 5.47. The topological polar surface area (TPSA) is 79.0 Å². The van der Waals surface area contributed by atoms with Gasteiger partial charge in [-0.1, -0.05) is 29.8 Å². The largest absolute Gasteiger partial charge is 0.495 e. The van der Waals surface area contributed by atoms with Crippen molar-refractivity contribution in [2.75, 3.05) is 39.6 Å². The molecule has 0 aliphatic carbocycles. The minimum Gasteiger partial charge on any atom is -0.495 e. The molecule has 1 N–H and O–H groups in total. The molecule has 1 aliphatic heterocycles. The van der Waals surface area contributed by atoms with Crippen molar-refractivity contribution in [3.05, 3.63) is 53.1 Å². The Bertz CT molecular complexity index is 1040. The maximum atomic E-state index is 12.7. The Morgan fingerprint density at radius 3 is 2.68 bits per heavy atom. The second-order valence-corrected chi connectivity index (χ2v) is 10.3. The van der Waals surface area contributed by atoms with Crippen LogP contribution >= 0.6 is 11.6 Å². The quantitative estimate of drug-likeness (QED) is 0.647. The van der Waals surface area contributed by atoms with Gasteiger partial charge < -0.3 is 10.1 Å². The Balaban J connectivity index is 1.70. The summed E-state index contributed by atoms with van der Waals surface area (Å²) < 4.78 is 31.5. The lowest BCUT2D eigenvalue weighted by Crippen LogP contribution is -2.38. The molecule has 1 unspecified atom stereocenters. The van der Waals surface area contributed by atoms with E-state index in [9.17, 15) is 13.2 Å². The molecule has 9 heteroatoms. The van der Waals surface area contributed by atoms with Crippen molar-refractivity contribution in [3.8, 4) is 5.75 Å². The normalized spacial score (nSPS) is 17.1. The van der Waals surface area contributed by atoms with Crippen LogP contribution in [0.2, 0.25) is 5.02 Å². The van der Waals surface area contributed by atoms with E-state index < -0.39 is 10.0 Å². The summed E-state index contributed by atoms with van der Waals surface area (Å²) in [5, 5.41) is 3.56. The predicted molar refractivity (Wildman–Crippen MR) is 122 cm³/mol. The third kappa shape index (κ3) is 5.57. The van der Waals surface area contributed by atoms with Crippen molar-refractivity contribution in [2.45, 2.75) is 30.2 Å². The molecule has 168 valence electrons. The summed E-state index contributed by atoms with van der Waals surface area (Å²) in [5.41, 5.74) is 1.49. The smallest absolute Gasteiger partial charge is 0.246 e. The molecule has 0 bridgehead atoms. The van der Waals surface area contributed by atoms with Crippen molar-refractivity contribution in [1.82, 2.24) is 9.21 Å². The number of anilines is 1. The molecule has 1 fully saturated rings. The van der Waals surface area contributed by atoms with E-state index in [4.69, 9.17) is 16.3 Å². The minimum atomic E-state index is -3.71. The zero-order valence-corrected chi connectivity index (χ0v) is 19.5. The van der Waals surface area contributed by atoms with Crippen LogP contribution in [-0.2, 0) is 21.2 Å². The molecule has 7 nitrogen and oxygen atoms in total. The molecule has 1 aliphatic rings. The number of hydrogen-bond acceptors (Lipinski definition) is 5. The van der Waals surface area contributed by atoms with Gasteiger partial charge in [-0.3, -0.25) is 9.69 Å². The van der Waals surface area contributed by atoms with E-state index in [1.165, 1.54) is 27.3 Å². The number of methoxy groups -OCH3 is 1. The summed E-state index contributed by atoms with van der Waals surface area (Å²) in [5.74, 6) is 0.0375. The van der Waals surface area contributed by atoms with Crippen LogP contribution in [0.5, 0.6) is 5.75 Å². The van der Waals surface area contributed by atoms with Gasteiger partial charge >= 0.3 is 0 Å².